The van der Waals surface area contributed by atoms with Crippen LogP contribution in [0.5, 0.6) is 0 Å². The summed E-state index contributed by atoms with van der Waals surface area (Å²) in [5, 5.41) is 0. The third-order valence-corrected chi connectivity index (χ3v) is 3.29. The number of piperidine rings is 1. The summed E-state index contributed by atoms with van der Waals surface area (Å²) in [7, 11) is 0. The van der Waals surface area contributed by atoms with E-state index in [1.807, 2.05) is 0 Å². The largest absolute Gasteiger partial charge is 0.342 e. The van der Waals surface area contributed by atoms with Gasteiger partial charge < -0.3 is 10.6 Å². The minimum absolute atomic E-state index is 0. The fourth-order valence-corrected chi connectivity index (χ4v) is 2.16. The van der Waals surface area contributed by atoms with Crippen molar-refractivity contribution in [3.63, 3.8) is 0 Å². The van der Waals surface area contributed by atoms with Gasteiger partial charge in [-0.25, -0.2) is 8.78 Å². The van der Waals surface area contributed by atoms with Gasteiger partial charge in [0.25, 0.3) is 5.92 Å². The van der Waals surface area contributed by atoms with Gasteiger partial charge in [0.1, 0.15) is 5.92 Å². The molecule has 1 saturated heterocycles. The molecule has 16 heavy (non-hydrogen) atoms. The first-order valence-corrected chi connectivity index (χ1v) is 5.41. The Morgan fingerprint density at radius 1 is 1.50 bits per heavy atom. The molecule has 6 heteroatoms. The van der Waals surface area contributed by atoms with Crippen LogP contribution in [-0.2, 0) is 4.79 Å². The summed E-state index contributed by atoms with van der Waals surface area (Å²) in [4.78, 5) is 13.2. The number of carbonyl (C=O) groups is 1. The molecule has 1 saturated carbocycles. The normalized spacial score (nSPS) is 31.8. The van der Waals surface area contributed by atoms with Gasteiger partial charge in [0, 0.05) is 19.5 Å². The number of hydrogen-bond donors (Lipinski definition) is 1. The molecule has 1 aliphatic heterocycles. The Hall–Kier alpha value is -0.420. The van der Waals surface area contributed by atoms with Gasteiger partial charge in [-0.15, -0.1) is 12.4 Å². The number of halogens is 3. The van der Waals surface area contributed by atoms with E-state index in [-0.39, 0.29) is 30.7 Å². The van der Waals surface area contributed by atoms with Gasteiger partial charge in [0.2, 0.25) is 5.91 Å². The molecule has 0 spiro atoms. The van der Waals surface area contributed by atoms with Crippen molar-refractivity contribution in [2.24, 2.45) is 17.6 Å². The van der Waals surface area contributed by atoms with Gasteiger partial charge in [0.15, 0.2) is 0 Å². The molecule has 0 radical (unpaired) electrons. The van der Waals surface area contributed by atoms with E-state index in [4.69, 9.17) is 5.73 Å². The summed E-state index contributed by atoms with van der Waals surface area (Å²) < 4.78 is 25.4. The summed E-state index contributed by atoms with van der Waals surface area (Å²) in [6, 6.07) is 0. The molecule has 2 rings (SSSR count). The number of carbonyl (C=O) groups excluding carboxylic acids is 1. The van der Waals surface area contributed by atoms with E-state index >= 15 is 0 Å². The Bertz CT molecular complexity index is 276. The summed E-state index contributed by atoms with van der Waals surface area (Å²) in [6.07, 6.45) is 1.61. The molecule has 2 N–H and O–H groups in total. The third-order valence-electron chi connectivity index (χ3n) is 3.29. The number of nitrogens with zero attached hydrogens (tertiary/aromatic N) is 1. The lowest BCUT2D eigenvalue weighted by molar-refractivity contribution is -0.136. The number of likely N-dealkylation sites (tertiary alicyclic amines) is 1. The highest BCUT2D eigenvalue weighted by molar-refractivity contribution is 5.85. The van der Waals surface area contributed by atoms with Crippen LogP contribution in [0.25, 0.3) is 0 Å². The molecule has 2 atom stereocenters. The van der Waals surface area contributed by atoms with Crippen LogP contribution in [0.4, 0.5) is 8.78 Å². The second kappa shape index (κ2) is 4.84. The number of hydrogen-bond acceptors (Lipinski definition) is 2. The lowest BCUT2D eigenvalue weighted by Gasteiger charge is -2.32. The topological polar surface area (TPSA) is 46.3 Å². The van der Waals surface area contributed by atoms with Gasteiger partial charge in [-0.3, -0.25) is 4.79 Å². The average molecular weight is 255 g/mol. The van der Waals surface area contributed by atoms with Crippen LogP contribution < -0.4 is 5.73 Å². The van der Waals surface area contributed by atoms with Crippen molar-refractivity contribution in [2.45, 2.75) is 25.2 Å². The number of rotatable bonds is 2. The van der Waals surface area contributed by atoms with E-state index in [0.717, 1.165) is 12.8 Å². The number of nitrogens with two attached hydrogens (primary N) is 1. The van der Waals surface area contributed by atoms with Gasteiger partial charge >= 0.3 is 0 Å². The van der Waals surface area contributed by atoms with E-state index in [2.05, 4.69) is 0 Å². The first-order chi connectivity index (χ1) is 7.04. The lowest BCUT2D eigenvalue weighted by atomic mass is 9.98. The smallest absolute Gasteiger partial charge is 0.260 e. The second-order valence-corrected chi connectivity index (χ2v) is 4.55. The van der Waals surface area contributed by atoms with Crippen LogP contribution in [0, 0.1) is 11.8 Å². The van der Waals surface area contributed by atoms with Crippen LogP contribution in [-0.4, -0.2) is 36.4 Å². The Balaban J connectivity index is 0.00000128. The zero-order valence-electron chi connectivity index (χ0n) is 8.99. The molecule has 3 nitrogen and oxygen atoms in total. The van der Waals surface area contributed by atoms with Crippen LogP contribution >= 0.6 is 12.4 Å². The lowest BCUT2D eigenvalue weighted by Crippen LogP contribution is -2.43. The van der Waals surface area contributed by atoms with Gasteiger partial charge in [-0.1, -0.05) is 0 Å². The van der Waals surface area contributed by atoms with E-state index in [1.54, 1.807) is 4.90 Å². The SMILES string of the molecule is Cl.NC[C@H]1CCCN(C(=O)C2CC2(F)F)C1. The van der Waals surface area contributed by atoms with Crippen molar-refractivity contribution in [3.05, 3.63) is 0 Å². The summed E-state index contributed by atoms with van der Waals surface area (Å²) in [5.74, 6) is -3.88. The average Bonchev–Trinajstić information content (AvgIpc) is 2.87. The summed E-state index contributed by atoms with van der Waals surface area (Å²) in [6.45, 7) is 1.70. The third kappa shape index (κ3) is 2.63. The monoisotopic (exact) mass is 254 g/mol. The van der Waals surface area contributed by atoms with Crippen molar-refractivity contribution >= 4 is 18.3 Å². The number of alkyl halides is 2. The molecule has 2 fully saturated rings. The molecule has 1 amide bonds. The molecule has 0 bridgehead atoms. The van der Waals surface area contributed by atoms with E-state index in [1.165, 1.54) is 0 Å². The Morgan fingerprint density at radius 2 is 2.12 bits per heavy atom. The molecule has 1 heterocycles. The molecular weight excluding hydrogens is 238 g/mol. The Labute approximate surface area is 99.8 Å². The fourth-order valence-electron chi connectivity index (χ4n) is 2.16. The predicted molar refractivity (Wildman–Crippen MR) is 58.7 cm³/mol. The minimum atomic E-state index is -2.74. The zero-order chi connectivity index (χ0) is 11.1. The van der Waals surface area contributed by atoms with E-state index in [9.17, 15) is 13.6 Å². The molecule has 0 aromatic heterocycles. The van der Waals surface area contributed by atoms with Crippen molar-refractivity contribution < 1.29 is 13.6 Å². The quantitative estimate of drug-likeness (QED) is 0.807. The van der Waals surface area contributed by atoms with Crippen molar-refractivity contribution in [1.82, 2.24) is 4.90 Å². The number of amides is 1. The standard InChI is InChI=1S/C10H16F2N2O.ClH/c11-10(12)4-8(10)9(15)14-3-1-2-7(5-13)6-14;/h7-8H,1-6,13H2;1H/t7-,8?;/m1./s1. The first kappa shape index (κ1) is 13.6. The highest BCUT2D eigenvalue weighted by atomic mass is 35.5. The van der Waals surface area contributed by atoms with Crippen LogP contribution in [0.15, 0.2) is 0 Å². The Kier molecular flexibility index (Phi) is 4.12. The van der Waals surface area contributed by atoms with Crippen LogP contribution in [0.2, 0.25) is 0 Å². The summed E-state index contributed by atoms with van der Waals surface area (Å²) >= 11 is 0. The molecule has 94 valence electrons. The second-order valence-electron chi connectivity index (χ2n) is 4.55. The van der Waals surface area contributed by atoms with Gasteiger partial charge in [0.05, 0.1) is 0 Å². The van der Waals surface area contributed by atoms with Gasteiger partial charge in [-0.2, -0.15) is 0 Å². The maximum atomic E-state index is 12.7. The molecular formula is C10H17ClF2N2O. The van der Waals surface area contributed by atoms with Crippen molar-refractivity contribution in [2.75, 3.05) is 19.6 Å². The fraction of sp³-hybridized carbons (Fsp3) is 0.900. The van der Waals surface area contributed by atoms with Crippen molar-refractivity contribution in [1.29, 1.82) is 0 Å². The summed E-state index contributed by atoms with van der Waals surface area (Å²) in [5.41, 5.74) is 5.52. The van der Waals surface area contributed by atoms with Crippen molar-refractivity contribution in [3.8, 4) is 0 Å². The molecule has 0 aromatic carbocycles. The first-order valence-electron chi connectivity index (χ1n) is 5.41. The molecule has 1 aliphatic carbocycles. The maximum Gasteiger partial charge on any atom is 0.260 e. The van der Waals surface area contributed by atoms with E-state index < -0.39 is 11.8 Å². The van der Waals surface area contributed by atoms with E-state index in [0.29, 0.717) is 19.6 Å². The highest BCUT2D eigenvalue weighted by Crippen LogP contribution is 2.49. The predicted octanol–water partition coefficient (Wildman–Crippen LogP) is 1.26. The Morgan fingerprint density at radius 3 is 2.62 bits per heavy atom. The molecule has 1 unspecified atom stereocenters. The van der Waals surface area contributed by atoms with Crippen LogP contribution in [0.1, 0.15) is 19.3 Å². The maximum absolute atomic E-state index is 12.7. The van der Waals surface area contributed by atoms with Crippen LogP contribution in [0.3, 0.4) is 0 Å². The van der Waals surface area contributed by atoms with Gasteiger partial charge in [-0.05, 0) is 25.3 Å². The molecule has 2 aliphatic rings. The molecule has 0 aromatic rings. The highest BCUT2D eigenvalue weighted by Gasteiger charge is 2.62. The zero-order valence-corrected chi connectivity index (χ0v) is 9.81. The minimum Gasteiger partial charge on any atom is -0.342 e.